The Bertz CT molecular complexity index is 586. The van der Waals surface area contributed by atoms with Crippen molar-refractivity contribution in [1.29, 1.82) is 0 Å². The summed E-state index contributed by atoms with van der Waals surface area (Å²) in [5.41, 5.74) is 0.662. The molecule has 1 aromatic heterocycles. The number of hydrogen-bond acceptors (Lipinski definition) is 4. The molecular formula is C13H14ClN3O3. The second-order valence-electron chi connectivity index (χ2n) is 4.17. The lowest BCUT2D eigenvalue weighted by atomic mass is 10.2. The number of carbonyl (C=O) groups is 1. The Morgan fingerprint density at radius 3 is 3.05 bits per heavy atom. The number of halogens is 1. The highest BCUT2D eigenvalue weighted by atomic mass is 35.5. The summed E-state index contributed by atoms with van der Waals surface area (Å²) in [5.74, 6) is -0.146. The molecule has 1 N–H and O–H groups in total. The van der Waals surface area contributed by atoms with Crippen LogP contribution in [0.1, 0.15) is 12.1 Å². The number of nitrogens with zero attached hydrogens (tertiary/aromatic N) is 3. The number of benzene rings is 1. The molecule has 0 bridgehead atoms. The molecule has 0 saturated carbocycles. The van der Waals surface area contributed by atoms with Crippen LogP contribution in [0.2, 0.25) is 5.02 Å². The number of carboxylic acid groups (broad SMARTS) is 1. The molecular weight excluding hydrogens is 282 g/mol. The second kappa shape index (κ2) is 6.91. The highest BCUT2D eigenvalue weighted by Gasteiger charge is 2.04. The molecule has 20 heavy (non-hydrogen) atoms. The number of carboxylic acids is 1. The van der Waals surface area contributed by atoms with Crippen molar-refractivity contribution in [2.45, 2.75) is 19.4 Å². The summed E-state index contributed by atoms with van der Waals surface area (Å²) in [6, 6.07) is 7.16. The quantitative estimate of drug-likeness (QED) is 0.845. The van der Waals surface area contributed by atoms with Crippen LogP contribution in [0.4, 0.5) is 0 Å². The lowest BCUT2D eigenvalue weighted by Crippen LogP contribution is -2.08. The van der Waals surface area contributed by atoms with Crippen molar-refractivity contribution >= 4 is 17.6 Å². The van der Waals surface area contributed by atoms with Gasteiger partial charge in [-0.2, -0.15) is 0 Å². The first-order valence-electron chi connectivity index (χ1n) is 6.12. The van der Waals surface area contributed by atoms with Crippen molar-refractivity contribution < 1.29 is 14.6 Å². The van der Waals surface area contributed by atoms with Crippen molar-refractivity contribution in [2.24, 2.45) is 0 Å². The number of ether oxygens (including phenoxy) is 1. The molecule has 1 heterocycles. The van der Waals surface area contributed by atoms with E-state index < -0.39 is 5.97 Å². The predicted octanol–water partition coefficient (Wildman–Crippen LogP) is 2.03. The molecule has 0 radical (unpaired) electrons. The van der Waals surface area contributed by atoms with Crippen LogP contribution in [0.5, 0.6) is 5.75 Å². The van der Waals surface area contributed by atoms with E-state index in [1.807, 2.05) is 12.1 Å². The van der Waals surface area contributed by atoms with Crippen LogP contribution >= 0.6 is 11.6 Å². The highest BCUT2D eigenvalue weighted by Crippen LogP contribution is 2.16. The van der Waals surface area contributed by atoms with Crippen molar-refractivity contribution in [3.63, 3.8) is 0 Å². The lowest BCUT2D eigenvalue weighted by Gasteiger charge is -2.05. The van der Waals surface area contributed by atoms with E-state index in [4.69, 9.17) is 21.4 Å². The van der Waals surface area contributed by atoms with E-state index in [0.29, 0.717) is 36.0 Å². The van der Waals surface area contributed by atoms with E-state index in [2.05, 4.69) is 10.3 Å². The van der Waals surface area contributed by atoms with Gasteiger partial charge in [0.1, 0.15) is 12.4 Å². The Kier molecular flexibility index (Phi) is 4.95. The minimum Gasteiger partial charge on any atom is -0.492 e. The van der Waals surface area contributed by atoms with Crippen LogP contribution in [0.25, 0.3) is 0 Å². The van der Waals surface area contributed by atoms with E-state index in [1.165, 1.54) is 0 Å². The third kappa shape index (κ3) is 4.55. The maximum absolute atomic E-state index is 10.5. The number of hydrogen-bond donors (Lipinski definition) is 1. The molecule has 0 amide bonds. The van der Waals surface area contributed by atoms with E-state index in [-0.39, 0.29) is 6.42 Å². The normalized spacial score (nSPS) is 10.4. The SMILES string of the molecule is O=C(O)CCc1cn(CCOc2cccc(Cl)c2)nn1. The molecule has 2 aromatic rings. The van der Waals surface area contributed by atoms with E-state index in [1.54, 1.807) is 23.0 Å². The summed E-state index contributed by atoms with van der Waals surface area (Å²) in [6.07, 6.45) is 2.16. The molecule has 7 heteroatoms. The Labute approximate surface area is 120 Å². The minimum absolute atomic E-state index is 0.0533. The van der Waals surface area contributed by atoms with Gasteiger partial charge in [0.25, 0.3) is 0 Å². The van der Waals surface area contributed by atoms with Crippen molar-refractivity contribution in [3.8, 4) is 5.75 Å². The van der Waals surface area contributed by atoms with Crippen molar-refractivity contribution in [1.82, 2.24) is 15.0 Å². The van der Waals surface area contributed by atoms with Crippen LogP contribution in [0, 0.1) is 0 Å². The van der Waals surface area contributed by atoms with Gasteiger partial charge in [0.05, 0.1) is 18.7 Å². The van der Waals surface area contributed by atoms with Gasteiger partial charge >= 0.3 is 5.97 Å². The zero-order valence-electron chi connectivity index (χ0n) is 10.7. The van der Waals surface area contributed by atoms with Crippen LogP contribution in [0.3, 0.4) is 0 Å². The number of aromatic nitrogens is 3. The molecule has 0 aliphatic rings. The standard InChI is InChI=1S/C13H14ClN3O3/c14-10-2-1-3-12(8-10)20-7-6-17-9-11(15-16-17)4-5-13(18)19/h1-3,8-9H,4-7H2,(H,18,19). The number of rotatable bonds is 7. The molecule has 0 unspecified atom stereocenters. The maximum Gasteiger partial charge on any atom is 0.303 e. The van der Waals surface area contributed by atoms with Crippen molar-refractivity contribution in [3.05, 3.63) is 41.2 Å². The average Bonchev–Trinajstić information content (AvgIpc) is 2.84. The molecule has 0 aliphatic carbocycles. The first-order valence-corrected chi connectivity index (χ1v) is 6.50. The fraction of sp³-hybridized carbons (Fsp3) is 0.308. The summed E-state index contributed by atoms with van der Waals surface area (Å²) >= 11 is 5.85. The summed E-state index contributed by atoms with van der Waals surface area (Å²) in [5, 5.41) is 17.0. The van der Waals surface area contributed by atoms with Crippen molar-refractivity contribution in [2.75, 3.05) is 6.61 Å². The van der Waals surface area contributed by atoms with Crippen LogP contribution in [0.15, 0.2) is 30.5 Å². The second-order valence-corrected chi connectivity index (χ2v) is 4.61. The first kappa shape index (κ1) is 14.3. The average molecular weight is 296 g/mol. The van der Waals surface area contributed by atoms with Gasteiger partial charge in [-0.05, 0) is 18.2 Å². The molecule has 0 fully saturated rings. The molecule has 0 atom stereocenters. The summed E-state index contributed by atoms with van der Waals surface area (Å²) in [6.45, 7) is 0.967. The Balaban J connectivity index is 1.78. The van der Waals surface area contributed by atoms with Crippen LogP contribution in [-0.2, 0) is 17.8 Å². The highest BCUT2D eigenvalue weighted by molar-refractivity contribution is 6.30. The largest absolute Gasteiger partial charge is 0.492 e. The zero-order valence-corrected chi connectivity index (χ0v) is 11.5. The van der Waals surface area contributed by atoms with Gasteiger partial charge in [0.2, 0.25) is 0 Å². The molecule has 6 nitrogen and oxygen atoms in total. The molecule has 1 aromatic carbocycles. The molecule has 106 valence electrons. The fourth-order valence-electron chi connectivity index (χ4n) is 1.61. The predicted molar refractivity (Wildman–Crippen MR) is 72.9 cm³/mol. The Morgan fingerprint density at radius 2 is 2.30 bits per heavy atom. The Hall–Kier alpha value is -2.08. The minimum atomic E-state index is -0.844. The smallest absolute Gasteiger partial charge is 0.303 e. The zero-order chi connectivity index (χ0) is 14.4. The maximum atomic E-state index is 10.5. The summed E-state index contributed by atoms with van der Waals surface area (Å²) in [4.78, 5) is 10.5. The van der Waals surface area contributed by atoms with Gasteiger partial charge in [-0.25, -0.2) is 4.68 Å². The lowest BCUT2D eigenvalue weighted by molar-refractivity contribution is -0.136. The van der Waals surface area contributed by atoms with Gasteiger partial charge < -0.3 is 9.84 Å². The first-order chi connectivity index (χ1) is 9.63. The molecule has 0 aliphatic heterocycles. The van der Waals surface area contributed by atoms with Gasteiger partial charge in [-0.15, -0.1) is 5.10 Å². The molecule has 0 saturated heterocycles. The summed E-state index contributed by atoms with van der Waals surface area (Å²) < 4.78 is 7.16. The van der Waals surface area contributed by atoms with Gasteiger partial charge in [-0.1, -0.05) is 22.9 Å². The van der Waals surface area contributed by atoms with Gasteiger partial charge in [0, 0.05) is 17.6 Å². The molecule has 2 rings (SSSR count). The van der Waals surface area contributed by atoms with Gasteiger partial charge in [-0.3, -0.25) is 4.79 Å². The topological polar surface area (TPSA) is 77.2 Å². The third-order valence-corrected chi connectivity index (χ3v) is 2.80. The van der Waals surface area contributed by atoms with E-state index >= 15 is 0 Å². The van der Waals surface area contributed by atoms with E-state index in [0.717, 1.165) is 0 Å². The molecule has 0 spiro atoms. The van der Waals surface area contributed by atoms with Gasteiger partial charge in [0.15, 0.2) is 0 Å². The summed E-state index contributed by atoms with van der Waals surface area (Å²) in [7, 11) is 0. The van der Waals surface area contributed by atoms with E-state index in [9.17, 15) is 4.79 Å². The fourth-order valence-corrected chi connectivity index (χ4v) is 1.79. The third-order valence-electron chi connectivity index (χ3n) is 2.57. The number of aryl methyl sites for hydroxylation is 1. The van der Waals surface area contributed by atoms with Crippen LogP contribution < -0.4 is 4.74 Å². The number of aliphatic carboxylic acids is 1. The monoisotopic (exact) mass is 295 g/mol. The van der Waals surface area contributed by atoms with Crippen LogP contribution in [-0.4, -0.2) is 32.7 Å². The Morgan fingerprint density at radius 1 is 1.45 bits per heavy atom.